The second kappa shape index (κ2) is 5.59. The molecule has 122 valence electrons. The van der Waals surface area contributed by atoms with Crippen molar-refractivity contribution in [1.82, 2.24) is 14.9 Å². The Morgan fingerprint density at radius 3 is 3.00 bits per heavy atom. The maximum absolute atomic E-state index is 12.2. The van der Waals surface area contributed by atoms with E-state index in [1.165, 1.54) is 0 Å². The fourth-order valence-corrected chi connectivity index (χ4v) is 3.49. The van der Waals surface area contributed by atoms with Crippen molar-refractivity contribution in [3.05, 3.63) is 29.6 Å². The van der Waals surface area contributed by atoms with Crippen LogP contribution in [0.15, 0.2) is 18.2 Å². The standard InChI is InChI=1S/C16H19N3O4/c1-21-12-8-10(16(22-2)23-12)14-18-11-5-3-4-9-13(11)19(14)7-6-17-15(9)20/h3-5,10,12,16H,6-8H2,1-2H3,(H,17,20). The Balaban J connectivity index is 1.86. The summed E-state index contributed by atoms with van der Waals surface area (Å²) in [5, 5.41) is 2.93. The molecule has 1 aromatic heterocycles. The molecule has 4 rings (SSSR count). The number of imidazole rings is 1. The average Bonchev–Trinajstić information content (AvgIpc) is 3.10. The van der Waals surface area contributed by atoms with Crippen molar-refractivity contribution < 1.29 is 19.0 Å². The molecule has 2 aliphatic rings. The Kier molecular flexibility index (Phi) is 3.56. The number of hydrogen-bond acceptors (Lipinski definition) is 5. The molecule has 1 fully saturated rings. The minimum atomic E-state index is -0.400. The van der Waals surface area contributed by atoms with E-state index < -0.39 is 6.29 Å². The summed E-state index contributed by atoms with van der Waals surface area (Å²) in [5.41, 5.74) is 2.37. The van der Waals surface area contributed by atoms with Gasteiger partial charge in [0.05, 0.1) is 22.5 Å². The van der Waals surface area contributed by atoms with Crippen LogP contribution >= 0.6 is 0 Å². The highest BCUT2D eigenvalue weighted by Crippen LogP contribution is 2.37. The zero-order valence-electron chi connectivity index (χ0n) is 13.1. The SMILES string of the molecule is COC1CC(c2nc3cccc4c3n2CCNC4=O)C(OC)O1. The third kappa shape index (κ3) is 2.23. The van der Waals surface area contributed by atoms with Crippen LogP contribution in [0.1, 0.15) is 28.5 Å². The number of aromatic nitrogens is 2. The van der Waals surface area contributed by atoms with E-state index in [4.69, 9.17) is 19.2 Å². The molecule has 23 heavy (non-hydrogen) atoms. The molecule has 1 saturated heterocycles. The van der Waals surface area contributed by atoms with Gasteiger partial charge < -0.3 is 24.1 Å². The molecule has 3 unspecified atom stereocenters. The number of ether oxygens (including phenoxy) is 3. The van der Waals surface area contributed by atoms with Crippen LogP contribution in [0.4, 0.5) is 0 Å². The highest BCUT2D eigenvalue weighted by atomic mass is 16.8. The minimum Gasteiger partial charge on any atom is -0.356 e. The first-order valence-electron chi connectivity index (χ1n) is 7.71. The molecular weight excluding hydrogens is 298 g/mol. The third-order valence-electron chi connectivity index (χ3n) is 4.55. The number of nitrogens with one attached hydrogen (secondary N) is 1. The van der Waals surface area contributed by atoms with E-state index in [1.807, 2.05) is 18.2 Å². The summed E-state index contributed by atoms with van der Waals surface area (Å²) in [7, 11) is 3.24. The number of hydrogen-bond donors (Lipinski definition) is 1. The van der Waals surface area contributed by atoms with Gasteiger partial charge in [0.15, 0.2) is 12.6 Å². The van der Waals surface area contributed by atoms with Gasteiger partial charge in [-0.2, -0.15) is 0 Å². The maximum Gasteiger partial charge on any atom is 0.253 e. The number of amides is 1. The van der Waals surface area contributed by atoms with Crippen LogP contribution in [-0.4, -0.2) is 48.8 Å². The van der Waals surface area contributed by atoms with E-state index in [9.17, 15) is 4.79 Å². The highest BCUT2D eigenvalue weighted by Gasteiger charge is 2.40. The summed E-state index contributed by atoms with van der Waals surface area (Å²) >= 11 is 0. The number of benzene rings is 1. The number of carbonyl (C=O) groups is 1. The number of nitrogens with zero attached hydrogens (tertiary/aromatic N) is 2. The Morgan fingerprint density at radius 1 is 1.35 bits per heavy atom. The van der Waals surface area contributed by atoms with Gasteiger partial charge in [0.2, 0.25) is 0 Å². The quantitative estimate of drug-likeness (QED) is 0.921. The normalized spacial score (nSPS) is 27.2. The number of rotatable bonds is 3. The van der Waals surface area contributed by atoms with Crippen molar-refractivity contribution in [2.24, 2.45) is 0 Å². The molecule has 0 saturated carbocycles. The van der Waals surface area contributed by atoms with Crippen LogP contribution in [-0.2, 0) is 20.8 Å². The van der Waals surface area contributed by atoms with Gasteiger partial charge in [0.1, 0.15) is 5.82 Å². The molecule has 2 aromatic rings. The number of para-hydroxylation sites is 1. The zero-order chi connectivity index (χ0) is 16.0. The van der Waals surface area contributed by atoms with E-state index in [-0.39, 0.29) is 18.1 Å². The first-order chi connectivity index (χ1) is 11.2. The molecule has 0 spiro atoms. The summed E-state index contributed by atoms with van der Waals surface area (Å²) in [6.45, 7) is 1.25. The molecule has 0 aliphatic carbocycles. The van der Waals surface area contributed by atoms with Gasteiger partial charge in [-0.1, -0.05) is 6.07 Å². The Hall–Kier alpha value is -1.96. The van der Waals surface area contributed by atoms with Crippen LogP contribution in [0.3, 0.4) is 0 Å². The van der Waals surface area contributed by atoms with Gasteiger partial charge >= 0.3 is 0 Å². The molecule has 3 atom stereocenters. The molecular formula is C16H19N3O4. The predicted molar refractivity (Wildman–Crippen MR) is 82.1 cm³/mol. The third-order valence-corrected chi connectivity index (χ3v) is 4.55. The first kappa shape index (κ1) is 14.6. The second-order valence-electron chi connectivity index (χ2n) is 5.80. The number of carbonyl (C=O) groups excluding carboxylic acids is 1. The maximum atomic E-state index is 12.2. The van der Waals surface area contributed by atoms with E-state index >= 15 is 0 Å². The summed E-state index contributed by atoms with van der Waals surface area (Å²) in [6.07, 6.45) is -0.0272. The van der Waals surface area contributed by atoms with Crippen LogP contribution in [0.2, 0.25) is 0 Å². The van der Waals surface area contributed by atoms with Crippen molar-refractivity contribution in [2.75, 3.05) is 20.8 Å². The smallest absolute Gasteiger partial charge is 0.253 e. The summed E-state index contributed by atoms with van der Waals surface area (Å²) in [4.78, 5) is 17.0. The molecule has 1 N–H and O–H groups in total. The fraction of sp³-hybridized carbons (Fsp3) is 0.500. The summed E-state index contributed by atoms with van der Waals surface area (Å²) in [5.74, 6) is 0.801. The van der Waals surface area contributed by atoms with Crippen LogP contribution in [0.5, 0.6) is 0 Å². The molecule has 0 bridgehead atoms. The van der Waals surface area contributed by atoms with E-state index in [0.717, 1.165) is 16.9 Å². The van der Waals surface area contributed by atoms with Crippen LogP contribution in [0.25, 0.3) is 11.0 Å². The van der Waals surface area contributed by atoms with Crippen LogP contribution in [0, 0.1) is 0 Å². The second-order valence-corrected chi connectivity index (χ2v) is 5.80. The molecule has 7 nitrogen and oxygen atoms in total. The van der Waals surface area contributed by atoms with Gasteiger partial charge in [0.25, 0.3) is 5.91 Å². The van der Waals surface area contributed by atoms with E-state index in [2.05, 4.69) is 9.88 Å². The average molecular weight is 317 g/mol. The van der Waals surface area contributed by atoms with Crippen molar-refractivity contribution >= 4 is 16.9 Å². The Morgan fingerprint density at radius 2 is 2.22 bits per heavy atom. The van der Waals surface area contributed by atoms with Gasteiger partial charge in [-0.05, 0) is 12.1 Å². The topological polar surface area (TPSA) is 74.6 Å². The van der Waals surface area contributed by atoms with Crippen molar-refractivity contribution in [1.29, 1.82) is 0 Å². The zero-order valence-corrected chi connectivity index (χ0v) is 13.1. The highest BCUT2D eigenvalue weighted by molar-refractivity contribution is 6.05. The Bertz CT molecular complexity index is 757. The van der Waals surface area contributed by atoms with Gasteiger partial charge in [-0.15, -0.1) is 0 Å². The van der Waals surface area contributed by atoms with Gasteiger partial charge in [-0.3, -0.25) is 4.79 Å². The van der Waals surface area contributed by atoms with Crippen molar-refractivity contribution in [3.63, 3.8) is 0 Å². The Labute approximate surface area is 133 Å². The lowest BCUT2D eigenvalue weighted by Gasteiger charge is -2.17. The fourth-order valence-electron chi connectivity index (χ4n) is 3.49. The van der Waals surface area contributed by atoms with Crippen molar-refractivity contribution in [2.45, 2.75) is 31.5 Å². The van der Waals surface area contributed by atoms with E-state index in [0.29, 0.717) is 25.1 Å². The summed E-state index contributed by atoms with van der Waals surface area (Å²) in [6, 6.07) is 5.63. The minimum absolute atomic E-state index is 0.0293. The molecule has 7 heteroatoms. The molecule has 1 amide bonds. The summed E-state index contributed by atoms with van der Waals surface area (Å²) < 4.78 is 18.6. The lowest BCUT2D eigenvalue weighted by Crippen LogP contribution is -2.25. The number of methoxy groups -OCH3 is 2. The lowest BCUT2D eigenvalue weighted by molar-refractivity contribution is -0.188. The lowest BCUT2D eigenvalue weighted by atomic mass is 10.1. The molecule has 0 radical (unpaired) electrons. The predicted octanol–water partition coefficient (Wildman–Crippen LogP) is 1.23. The van der Waals surface area contributed by atoms with Gasteiger partial charge in [0, 0.05) is 33.7 Å². The van der Waals surface area contributed by atoms with Crippen LogP contribution < -0.4 is 5.32 Å². The largest absolute Gasteiger partial charge is 0.356 e. The molecule has 1 aromatic carbocycles. The van der Waals surface area contributed by atoms with E-state index in [1.54, 1.807) is 14.2 Å². The first-order valence-corrected chi connectivity index (χ1v) is 7.71. The monoisotopic (exact) mass is 317 g/mol. The van der Waals surface area contributed by atoms with Gasteiger partial charge in [-0.25, -0.2) is 4.98 Å². The molecule has 3 heterocycles. The molecule has 2 aliphatic heterocycles. The van der Waals surface area contributed by atoms with Crippen molar-refractivity contribution in [3.8, 4) is 0 Å².